The van der Waals surface area contributed by atoms with Crippen LogP contribution in [0.4, 0.5) is 13.2 Å². The van der Waals surface area contributed by atoms with Crippen LogP contribution in [0.25, 0.3) is 0 Å². The van der Waals surface area contributed by atoms with Gasteiger partial charge in [0.2, 0.25) is 0 Å². The Bertz CT molecular complexity index is 1040. The highest BCUT2D eigenvalue weighted by atomic mass is 19.1. The number of hydrogen-bond donors (Lipinski definition) is 0. The third-order valence-electron chi connectivity index (χ3n) is 7.51. The van der Waals surface area contributed by atoms with E-state index >= 15 is 0 Å². The number of rotatable bonds is 5. The molecule has 0 spiro atoms. The van der Waals surface area contributed by atoms with E-state index in [1.807, 2.05) is 12.1 Å². The second-order valence-corrected chi connectivity index (χ2v) is 9.54. The van der Waals surface area contributed by atoms with Gasteiger partial charge in [0.15, 0.2) is 17.4 Å². The molecular formula is C29H31F3O. The van der Waals surface area contributed by atoms with Gasteiger partial charge in [0.05, 0.1) is 12.7 Å². The fraction of sp³-hybridized carbons (Fsp3) is 0.448. The lowest BCUT2D eigenvalue weighted by Gasteiger charge is -2.42. The molecule has 0 amide bonds. The van der Waals surface area contributed by atoms with Crippen LogP contribution in [0.15, 0.2) is 43.0 Å². The summed E-state index contributed by atoms with van der Waals surface area (Å²) in [5.41, 5.74) is 1.40. The van der Waals surface area contributed by atoms with Crippen molar-refractivity contribution in [2.24, 2.45) is 17.8 Å². The van der Waals surface area contributed by atoms with Gasteiger partial charge in [-0.25, -0.2) is 13.2 Å². The van der Waals surface area contributed by atoms with Crippen LogP contribution in [-0.4, -0.2) is 7.11 Å². The Balaban J connectivity index is 1.42. The Morgan fingerprint density at radius 1 is 0.939 bits per heavy atom. The van der Waals surface area contributed by atoms with Gasteiger partial charge in [-0.05, 0) is 98.4 Å². The van der Waals surface area contributed by atoms with Crippen molar-refractivity contribution in [1.29, 1.82) is 0 Å². The number of fused-ring (bicyclic) bond motifs is 1. The van der Waals surface area contributed by atoms with E-state index in [4.69, 9.17) is 0 Å². The van der Waals surface area contributed by atoms with E-state index in [1.165, 1.54) is 39.2 Å². The molecule has 2 aromatic carbocycles. The highest BCUT2D eigenvalue weighted by molar-refractivity contribution is 5.46. The lowest BCUT2D eigenvalue weighted by Crippen LogP contribution is -2.30. The van der Waals surface area contributed by atoms with Gasteiger partial charge >= 0.3 is 0 Å². The molecule has 2 fully saturated rings. The molecule has 0 aromatic heterocycles. The van der Waals surface area contributed by atoms with Crippen molar-refractivity contribution < 1.29 is 17.9 Å². The van der Waals surface area contributed by atoms with Crippen LogP contribution in [0.3, 0.4) is 0 Å². The molecule has 0 aliphatic heterocycles. The molecular weight excluding hydrogens is 421 g/mol. The third-order valence-corrected chi connectivity index (χ3v) is 7.51. The number of methoxy groups -OCH3 is 1. The van der Waals surface area contributed by atoms with Gasteiger partial charge in [-0.15, -0.1) is 6.58 Å². The summed E-state index contributed by atoms with van der Waals surface area (Å²) in [5.74, 6) is 5.65. The summed E-state index contributed by atoms with van der Waals surface area (Å²) in [5, 5.41) is 0. The first-order valence-corrected chi connectivity index (χ1v) is 11.9. The molecule has 0 radical (unpaired) electrons. The summed E-state index contributed by atoms with van der Waals surface area (Å²) in [6, 6.07) is 7.42. The van der Waals surface area contributed by atoms with Gasteiger partial charge in [-0.3, -0.25) is 0 Å². The van der Waals surface area contributed by atoms with Crippen molar-refractivity contribution in [2.45, 2.75) is 57.3 Å². The van der Waals surface area contributed by atoms with E-state index in [0.717, 1.165) is 54.7 Å². The smallest absolute Gasteiger partial charge is 0.190 e. The van der Waals surface area contributed by atoms with Crippen LogP contribution in [0.2, 0.25) is 0 Å². The molecule has 2 aromatic rings. The van der Waals surface area contributed by atoms with Crippen LogP contribution in [0.1, 0.15) is 74.0 Å². The Morgan fingerprint density at radius 3 is 2.36 bits per heavy atom. The van der Waals surface area contributed by atoms with Crippen molar-refractivity contribution in [3.63, 3.8) is 0 Å². The van der Waals surface area contributed by atoms with E-state index in [0.29, 0.717) is 5.92 Å². The topological polar surface area (TPSA) is 9.23 Å². The first-order valence-electron chi connectivity index (χ1n) is 11.9. The average molecular weight is 453 g/mol. The van der Waals surface area contributed by atoms with Gasteiger partial charge in [0.1, 0.15) is 5.82 Å². The number of ether oxygens (including phenoxy) is 1. The van der Waals surface area contributed by atoms with Crippen LogP contribution >= 0.6 is 0 Å². The van der Waals surface area contributed by atoms with Gasteiger partial charge < -0.3 is 4.74 Å². The lowest BCUT2D eigenvalue weighted by molar-refractivity contribution is 0.115. The molecule has 2 aliphatic rings. The summed E-state index contributed by atoms with van der Waals surface area (Å²) < 4.78 is 47.2. The van der Waals surface area contributed by atoms with Crippen molar-refractivity contribution >= 4 is 0 Å². The number of allylic oxidation sites excluding steroid dienone is 1. The molecule has 0 heterocycles. The van der Waals surface area contributed by atoms with Crippen LogP contribution in [0.5, 0.6) is 5.75 Å². The fourth-order valence-electron chi connectivity index (χ4n) is 5.76. The fourth-order valence-corrected chi connectivity index (χ4v) is 5.76. The van der Waals surface area contributed by atoms with E-state index < -0.39 is 17.4 Å². The Morgan fingerprint density at radius 2 is 1.67 bits per heavy atom. The van der Waals surface area contributed by atoms with E-state index in [1.54, 1.807) is 12.1 Å². The SMILES string of the molecule is C=CCCC1CCC2CC(c3ccc(C#Cc4cc(F)c(OC)c(F)c4)c(F)c3)CCC2C1. The Kier molecular flexibility index (Phi) is 7.48. The van der Waals surface area contributed by atoms with Crippen LogP contribution in [-0.2, 0) is 0 Å². The molecule has 0 saturated heterocycles. The van der Waals surface area contributed by atoms with E-state index in [9.17, 15) is 13.2 Å². The summed E-state index contributed by atoms with van der Waals surface area (Å²) in [4.78, 5) is 0. The Labute approximate surface area is 195 Å². The number of halogens is 3. The highest BCUT2D eigenvalue weighted by Gasteiger charge is 2.35. The molecule has 4 unspecified atom stereocenters. The van der Waals surface area contributed by atoms with Crippen LogP contribution < -0.4 is 4.74 Å². The van der Waals surface area contributed by atoms with Crippen molar-refractivity contribution in [2.75, 3.05) is 7.11 Å². The van der Waals surface area contributed by atoms with Crippen LogP contribution in [0, 0.1) is 47.0 Å². The lowest BCUT2D eigenvalue weighted by atomic mass is 9.63. The van der Waals surface area contributed by atoms with Gasteiger partial charge in [0, 0.05) is 5.56 Å². The highest BCUT2D eigenvalue weighted by Crippen LogP contribution is 2.48. The molecule has 174 valence electrons. The largest absolute Gasteiger partial charge is 0.491 e. The standard InChI is InChI=1S/C29H31F3O/c1-3-4-5-19-6-9-23-17-24(13-12-22(23)14-19)25-11-10-21(26(30)18-25)8-7-20-15-27(31)29(33-2)28(32)16-20/h3,10-11,15-16,18-19,22-24H,1,4-6,9,12-14,17H2,2H3. The quantitative estimate of drug-likeness (QED) is 0.332. The second kappa shape index (κ2) is 10.5. The van der Waals surface area contributed by atoms with Gasteiger partial charge in [-0.1, -0.05) is 30.4 Å². The minimum Gasteiger partial charge on any atom is -0.491 e. The molecule has 2 saturated carbocycles. The number of hydrogen-bond acceptors (Lipinski definition) is 1. The average Bonchev–Trinajstić information content (AvgIpc) is 2.81. The second-order valence-electron chi connectivity index (χ2n) is 9.54. The summed E-state index contributed by atoms with van der Waals surface area (Å²) in [7, 11) is 1.20. The zero-order chi connectivity index (χ0) is 23.4. The molecule has 4 rings (SSSR count). The summed E-state index contributed by atoms with van der Waals surface area (Å²) >= 11 is 0. The third kappa shape index (κ3) is 5.46. The maximum Gasteiger partial charge on any atom is 0.190 e. The minimum absolute atomic E-state index is 0.135. The first-order chi connectivity index (χ1) is 16.0. The monoisotopic (exact) mass is 452 g/mol. The minimum atomic E-state index is -0.831. The maximum atomic E-state index is 14.8. The molecule has 0 N–H and O–H groups in total. The summed E-state index contributed by atoms with van der Waals surface area (Å²) in [6.45, 7) is 3.85. The first kappa shape index (κ1) is 23.5. The van der Waals surface area contributed by atoms with Crippen molar-refractivity contribution in [3.05, 3.63) is 77.1 Å². The van der Waals surface area contributed by atoms with Crippen molar-refractivity contribution in [3.8, 4) is 17.6 Å². The normalized spacial score (nSPS) is 24.4. The van der Waals surface area contributed by atoms with E-state index in [2.05, 4.69) is 23.2 Å². The van der Waals surface area contributed by atoms with E-state index in [-0.39, 0.29) is 16.9 Å². The predicted molar refractivity (Wildman–Crippen MR) is 126 cm³/mol. The molecule has 1 nitrogen and oxygen atoms in total. The number of benzene rings is 2. The maximum absolute atomic E-state index is 14.8. The molecule has 33 heavy (non-hydrogen) atoms. The zero-order valence-electron chi connectivity index (χ0n) is 19.2. The molecule has 4 atom stereocenters. The zero-order valence-corrected chi connectivity index (χ0v) is 19.2. The Hall–Kier alpha value is -2.67. The molecule has 4 heteroatoms. The summed E-state index contributed by atoms with van der Waals surface area (Å²) in [6.07, 6.45) is 11.8. The molecule has 0 bridgehead atoms. The van der Waals surface area contributed by atoms with Crippen molar-refractivity contribution in [1.82, 2.24) is 0 Å². The predicted octanol–water partition coefficient (Wildman–Crippen LogP) is 7.78. The molecule has 2 aliphatic carbocycles. The van der Waals surface area contributed by atoms with Gasteiger partial charge in [-0.2, -0.15) is 0 Å². The van der Waals surface area contributed by atoms with Gasteiger partial charge in [0.25, 0.3) is 0 Å².